The monoisotopic (exact) mass is 262 g/mol. The molecule has 0 aromatic heterocycles. The summed E-state index contributed by atoms with van der Waals surface area (Å²) in [5, 5.41) is 2.99. The minimum absolute atomic E-state index is 0.0240. The summed E-state index contributed by atoms with van der Waals surface area (Å²) in [7, 11) is 0. The molecule has 0 saturated carbocycles. The van der Waals surface area contributed by atoms with Gasteiger partial charge in [0, 0.05) is 12.2 Å². The van der Waals surface area contributed by atoms with E-state index in [-0.39, 0.29) is 18.1 Å². The van der Waals surface area contributed by atoms with E-state index in [9.17, 15) is 4.79 Å². The summed E-state index contributed by atoms with van der Waals surface area (Å²) in [5.41, 5.74) is 9.82. The highest BCUT2D eigenvalue weighted by molar-refractivity contribution is 5.95. The Morgan fingerprint density at radius 2 is 1.95 bits per heavy atom. The second-order valence-electron chi connectivity index (χ2n) is 5.32. The predicted molar refractivity (Wildman–Crippen MR) is 76.2 cm³/mol. The lowest BCUT2D eigenvalue weighted by Gasteiger charge is -2.16. The molecule has 0 spiro atoms. The van der Waals surface area contributed by atoms with Gasteiger partial charge < -0.3 is 15.8 Å². The molecule has 2 rings (SSSR count). The third kappa shape index (κ3) is 3.14. The molecule has 1 aliphatic heterocycles. The number of anilines is 1. The lowest BCUT2D eigenvalue weighted by molar-refractivity contribution is -0.126. The topological polar surface area (TPSA) is 64.4 Å². The third-order valence-corrected chi connectivity index (χ3v) is 3.59. The van der Waals surface area contributed by atoms with Gasteiger partial charge in [-0.3, -0.25) is 4.79 Å². The molecule has 1 aromatic carbocycles. The van der Waals surface area contributed by atoms with Crippen LogP contribution in [-0.4, -0.2) is 24.7 Å². The fraction of sp³-hybridized carbons (Fsp3) is 0.533. The fourth-order valence-electron chi connectivity index (χ4n) is 2.65. The van der Waals surface area contributed by atoms with E-state index >= 15 is 0 Å². The van der Waals surface area contributed by atoms with Crippen LogP contribution < -0.4 is 11.1 Å². The Kier molecular flexibility index (Phi) is 4.22. The molecule has 1 heterocycles. The van der Waals surface area contributed by atoms with Crippen molar-refractivity contribution >= 4 is 11.6 Å². The van der Waals surface area contributed by atoms with Crippen molar-refractivity contribution in [1.29, 1.82) is 0 Å². The fourth-order valence-corrected chi connectivity index (χ4v) is 2.65. The molecule has 1 amide bonds. The molecule has 4 heteroatoms. The summed E-state index contributed by atoms with van der Waals surface area (Å²) < 4.78 is 5.61. The number of aryl methyl sites for hydroxylation is 3. The number of amides is 1. The SMILES string of the molecule is Cc1cc(C)c(NC(=O)C2CCC(CN)O2)c(C)c1. The molecular weight excluding hydrogens is 240 g/mol. The number of nitrogens with one attached hydrogen (secondary N) is 1. The van der Waals surface area contributed by atoms with Crippen molar-refractivity contribution in [2.24, 2.45) is 5.73 Å². The van der Waals surface area contributed by atoms with E-state index in [1.54, 1.807) is 0 Å². The van der Waals surface area contributed by atoms with Gasteiger partial charge in [-0.1, -0.05) is 17.7 Å². The molecule has 0 bridgehead atoms. The molecule has 19 heavy (non-hydrogen) atoms. The maximum Gasteiger partial charge on any atom is 0.253 e. The van der Waals surface area contributed by atoms with E-state index in [1.807, 2.05) is 13.8 Å². The van der Waals surface area contributed by atoms with Crippen LogP contribution in [0.3, 0.4) is 0 Å². The van der Waals surface area contributed by atoms with Gasteiger partial charge in [-0.2, -0.15) is 0 Å². The number of benzene rings is 1. The molecule has 1 fully saturated rings. The maximum absolute atomic E-state index is 12.2. The largest absolute Gasteiger partial charge is 0.364 e. The summed E-state index contributed by atoms with van der Waals surface area (Å²) in [6.45, 7) is 6.55. The van der Waals surface area contributed by atoms with Crippen LogP contribution in [0.4, 0.5) is 5.69 Å². The zero-order chi connectivity index (χ0) is 14.0. The van der Waals surface area contributed by atoms with Crippen molar-refractivity contribution in [2.75, 3.05) is 11.9 Å². The highest BCUT2D eigenvalue weighted by Crippen LogP contribution is 2.24. The molecular formula is C15H22N2O2. The number of hydrogen-bond donors (Lipinski definition) is 2. The molecule has 0 radical (unpaired) electrons. The summed E-state index contributed by atoms with van der Waals surface area (Å²) >= 11 is 0. The second-order valence-corrected chi connectivity index (χ2v) is 5.32. The second kappa shape index (κ2) is 5.72. The molecule has 1 saturated heterocycles. The van der Waals surface area contributed by atoms with Gasteiger partial charge in [-0.15, -0.1) is 0 Å². The first-order chi connectivity index (χ1) is 9.01. The number of rotatable bonds is 3. The summed E-state index contributed by atoms with van der Waals surface area (Å²) in [4.78, 5) is 12.2. The number of hydrogen-bond acceptors (Lipinski definition) is 3. The van der Waals surface area contributed by atoms with Gasteiger partial charge in [0.2, 0.25) is 0 Å². The van der Waals surface area contributed by atoms with Crippen LogP contribution in [0.5, 0.6) is 0 Å². The number of carbonyl (C=O) groups is 1. The van der Waals surface area contributed by atoms with E-state index in [0.717, 1.165) is 29.7 Å². The Bertz CT molecular complexity index is 462. The van der Waals surface area contributed by atoms with Crippen LogP contribution in [0.15, 0.2) is 12.1 Å². The smallest absolute Gasteiger partial charge is 0.253 e. The van der Waals surface area contributed by atoms with Crippen LogP contribution in [0.2, 0.25) is 0 Å². The first-order valence-electron chi connectivity index (χ1n) is 6.75. The van der Waals surface area contributed by atoms with Crippen LogP contribution in [0.25, 0.3) is 0 Å². The van der Waals surface area contributed by atoms with Crippen molar-refractivity contribution in [1.82, 2.24) is 0 Å². The molecule has 4 nitrogen and oxygen atoms in total. The minimum Gasteiger partial charge on any atom is -0.364 e. The molecule has 2 unspecified atom stereocenters. The lowest BCUT2D eigenvalue weighted by Crippen LogP contribution is -2.30. The quantitative estimate of drug-likeness (QED) is 0.876. The van der Waals surface area contributed by atoms with Gasteiger partial charge in [0.15, 0.2) is 0 Å². The molecule has 0 aliphatic carbocycles. The highest BCUT2D eigenvalue weighted by Gasteiger charge is 2.30. The van der Waals surface area contributed by atoms with Gasteiger partial charge >= 0.3 is 0 Å². The van der Waals surface area contributed by atoms with Crippen molar-refractivity contribution in [3.8, 4) is 0 Å². The average molecular weight is 262 g/mol. The summed E-state index contributed by atoms with van der Waals surface area (Å²) in [6, 6.07) is 4.14. The summed E-state index contributed by atoms with van der Waals surface area (Å²) in [5.74, 6) is -0.0639. The maximum atomic E-state index is 12.2. The zero-order valence-electron chi connectivity index (χ0n) is 11.8. The van der Waals surface area contributed by atoms with Crippen molar-refractivity contribution in [3.63, 3.8) is 0 Å². The Balaban J connectivity index is 2.08. The predicted octanol–water partition coefficient (Wildman–Crippen LogP) is 2.06. The van der Waals surface area contributed by atoms with E-state index in [1.165, 1.54) is 5.56 Å². The number of ether oxygens (including phenoxy) is 1. The lowest BCUT2D eigenvalue weighted by atomic mass is 10.0. The Hall–Kier alpha value is -1.39. The van der Waals surface area contributed by atoms with Crippen molar-refractivity contribution < 1.29 is 9.53 Å². The number of carbonyl (C=O) groups excluding carboxylic acids is 1. The van der Waals surface area contributed by atoms with Gasteiger partial charge in [0.05, 0.1) is 6.10 Å². The van der Waals surface area contributed by atoms with E-state index in [0.29, 0.717) is 6.54 Å². The van der Waals surface area contributed by atoms with Crippen LogP contribution in [-0.2, 0) is 9.53 Å². The zero-order valence-corrected chi connectivity index (χ0v) is 11.8. The van der Waals surface area contributed by atoms with Crippen LogP contribution in [0.1, 0.15) is 29.5 Å². The molecule has 1 aromatic rings. The highest BCUT2D eigenvalue weighted by atomic mass is 16.5. The third-order valence-electron chi connectivity index (χ3n) is 3.59. The van der Waals surface area contributed by atoms with Gasteiger partial charge in [0.25, 0.3) is 5.91 Å². The Morgan fingerprint density at radius 1 is 1.32 bits per heavy atom. The number of nitrogens with two attached hydrogens (primary N) is 1. The molecule has 2 atom stereocenters. The summed E-state index contributed by atoms with van der Waals surface area (Å²) in [6.07, 6.45) is 1.27. The van der Waals surface area contributed by atoms with E-state index in [4.69, 9.17) is 10.5 Å². The van der Waals surface area contributed by atoms with Crippen LogP contribution >= 0.6 is 0 Å². The first-order valence-corrected chi connectivity index (χ1v) is 6.75. The van der Waals surface area contributed by atoms with Gasteiger partial charge in [0.1, 0.15) is 6.10 Å². The van der Waals surface area contributed by atoms with Gasteiger partial charge in [-0.05, 0) is 44.7 Å². The van der Waals surface area contributed by atoms with Gasteiger partial charge in [-0.25, -0.2) is 0 Å². The van der Waals surface area contributed by atoms with Crippen molar-refractivity contribution in [2.45, 2.75) is 45.8 Å². The standard InChI is InChI=1S/C15H22N2O2/c1-9-6-10(2)14(11(3)7-9)17-15(18)13-5-4-12(8-16)19-13/h6-7,12-13H,4-5,8,16H2,1-3H3,(H,17,18). The minimum atomic E-state index is -0.367. The average Bonchev–Trinajstić information content (AvgIpc) is 2.82. The molecule has 1 aliphatic rings. The Labute approximate surface area is 114 Å². The van der Waals surface area contributed by atoms with E-state index < -0.39 is 0 Å². The molecule has 3 N–H and O–H groups in total. The first kappa shape index (κ1) is 14.0. The Morgan fingerprint density at radius 3 is 2.47 bits per heavy atom. The van der Waals surface area contributed by atoms with E-state index in [2.05, 4.69) is 24.4 Å². The van der Waals surface area contributed by atoms with Crippen LogP contribution in [0, 0.1) is 20.8 Å². The molecule has 104 valence electrons. The normalized spacial score (nSPS) is 22.5. The van der Waals surface area contributed by atoms with Crippen molar-refractivity contribution in [3.05, 3.63) is 28.8 Å².